The molecule has 0 N–H and O–H groups in total. The number of aromatic nitrogens is 2. The lowest BCUT2D eigenvalue weighted by Crippen LogP contribution is -2.34. The molecule has 304 valence electrons. The molecular formula is C42H38Cl3F3N4O4S2. The maximum absolute atomic E-state index is 14.1. The van der Waals surface area contributed by atoms with Crippen molar-refractivity contribution in [3.8, 4) is 0 Å². The molecule has 2 aliphatic rings. The highest BCUT2D eigenvalue weighted by atomic mass is 35.5. The van der Waals surface area contributed by atoms with Gasteiger partial charge in [-0.1, -0.05) is 48.7 Å². The first-order valence-electron chi connectivity index (χ1n) is 18.6. The van der Waals surface area contributed by atoms with Crippen molar-refractivity contribution in [1.29, 1.82) is 0 Å². The molecule has 0 unspecified atom stereocenters. The standard InChI is InChI=1S/C21H19Cl2FN2O2S.C21H19ClF2N2O2S/c1-13-6-8-26(9-7-13)21-16-10-14(24)2-5-19(16)25-12-20(21)29(27,28)15-3-4-17(22)18(23)11-15;1-13-6-8-26(9-7-13)21-16-10-14(23)2-5-19(16)25-12-20(21)29(27,28)15-3-4-18(24)17(22)11-15/h2*2-5,10-13H,6-9H2,1H3. The maximum Gasteiger partial charge on any atom is 0.210 e. The number of piperidine rings is 2. The molecule has 2 saturated heterocycles. The quantitative estimate of drug-likeness (QED) is 0.152. The van der Waals surface area contributed by atoms with Crippen LogP contribution < -0.4 is 9.80 Å². The number of pyridine rings is 2. The van der Waals surface area contributed by atoms with Gasteiger partial charge in [0.25, 0.3) is 0 Å². The Balaban J connectivity index is 0.000000177. The molecule has 16 heteroatoms. The van der Waals surface area contributed by atoms with E-state index in [0.29, 0.717) is 71.2 Å². The van der Waals surface area contributed by atoms with Crippen LogP contribution in [0.3, 0.4) is 0 Å². The fourth-order valence-corrected chi connectivity index (χ4v) is 10.8. The second-order valence-corrected chi connectivity index (χ2v) is 19.8. The Morgan fingerprint density at radius 3 is 1.38 bits per heavy atom. The summed E-state index contributed by atoms with van der Waals surface area (Å²) in [6.07, 6.45) is 6.32. The fraction of sp³-hybridized carbons (Fsp3) is 0.286. The highest BCUT2D eigenvalue weighted by Crippen LogP contribution is 2.40. The number of rotatable bonds is 6. The normalized spacial score (nSPS) is 15.8. The molecule has 2 aromatic heterocycles. The van der Waals surface area contributed by atoms with Crippen LogP contribution in [0.25, 0.3) is 21.8 Å². The number of benzene rings is 4. The Morgan fingerprint density at radius 1 is 0.552 bits per heavy atom. The van der Waals surface area contributed by atoms with Crippen molar-refractivity contribution in [1.82, 2.24) is 9.97 Å². The van der Waals surface area contributed by atoms with Crippen LogP contribution in [0.15, 0.2) is 105 Å². The van der Waals surface area contributed by atoms with Crippen LogP contribution in [-0.4, -0.2) is 53.0 Å². The average Bonchev–Trinajstić information content (AvgIpc) is 3.20. The summed E-state index contributed by atoms with van der Waals surface area (Å²) in [7, 11) is -8.00. The third-order valence-corrected chi connectivity index (χ3v) is 15.3. The molecule has 0 spiro atoms. The first kappa shape index (κ1) is 42.0. The highest BCUT2D eigenvalue weighted by Gasteiger charge is 2.31. The van der Waals surface area contributed by atoms with E-state index >= 15 is 0 Å². The first-order chi connectivity index (χ1) is 27.5. The number of hydrogen-bond donors (Lipinski definition) is 0. The lowest BCUT2D eigenvalue weighted by molar-refractivity contribution is 0.437. The molecule has 58 heavy (non-hydrogen) atoms. The van der Waals surface area contributed by atoms with Gasteiger partial charge in [0.15, 0.2) is 0 Å². The van der Waals surface area contributed by atoms with Crippen LogP contribution in [-0.2, 0) is 19.7 Å². The fourth-order valence-electron chi connectivity index (χ4n) is 7.32. The van der Waals surface area contributed by atoms with E-state index in [2.05, 4.69) is 23.8 Å². The Labute approximate surface area is 350 Å². The van der Waals surface area contributed by atoms with Crippen LogP contribution in [0.1, 0.15) is 39.5 Å². The minimum absolute atomic E-state index is 0.0241. The predicted octanol–water partition coefficient (Wildman–Crippen LogP) is 11.0. The molecule has 0 aliphatic carbocycles. The summed E-state index contributed by atoms with van der Waals surface area (Å²) in [5.74, 6) is -0.506. The van der Waals surface area contributed by atoms with Crippen molar-refractivity contribution < 1.29 is 30.0 Å². The number of hydrogen-bond acceptors (Lipinski definition) is 8. The van der Waals surface area contributed by atoms with Gasteiger partial charge in [-0.15, -0.1) is 0 Å². The minimum Gasteiger partial charge on any atom is -0.370 e. The highest BCUT2D eigenvalue weighted by molar-refractivity contribution is 7.92. The van der Waals surface area contributed by atoms with E-state index in [9.17, 15) is 30.0 Å². The average molecular weight is 890 g/mol. The number of halogens is 6. The molecule has 2 aliphatic heterocycles. The van der Waals surface area contributed by atoms with Gasteiger partial charge >= 0.3 is 0 Å². The van der Waals surface area contributed by atoms with Gasteiger partial charge in [-0.25, -0.2) is 30.0 Å². The maximum atomic E-state index is 14.1. The van der Waals surface area contributed by atoms with Crippen molar-refractivity contribution in [3.63, 3.8) is 0 Å². The molecule has 0 atom stereocenters. The van der Waals surface area contributed by atoms with Gasteiger partial charge in [-0.05, 0) is 110 Å². The summed E-state index contributed by atoms with van der Waals surface area (Å²) in [5, 5.41) is 1.07. The molecule has 0 amide bonds. The summed E-state index contributed by atoms with van der Waals surface area (Å²) in [6, 6.07) is 15.9. The van der Waals surface area contributed by atoms with E-state index < -0.39 is 37.1 Å². The number of sulfone groups is 2. The molecule has 6 aromatic rings. The zero-order chi connectivity index (χ0) is 41.5. The van der Waals surface area contributed by atoms with Crippen LogP contribution >= 0.6 is 34.8 Å². The first-order valence-corrected chi connectivity index (χ1v) is 22.7. The number of fused-ring (bicyclic) bond motifs is 2. The monoisotopic (exact) mass is 888 g/mol. The van der Waals surface area contributed by atoms with E-state index in [0.717, 1.165) is 37.8 Å². The Kier molecular flexibility index (Phi) is 12.2. The molecule has 8 rings (SSSR count). The smallest absolute Gasteiger partial charge is 0.210 e. The molecule has 0 saturated carbocycles. The van der Waals surface area contributed by atoms with Gasteiger partial charge in [0.1, 0.15) is 27.2 Å². The van der Waals surface area contributed by atoms with Gasteiger partial charge in [0.05, 0.1) is 47.3 Å². The zero-order valence-electron chi connectivity index (χ0n) is 31.4. The van der Waals surface area contributed by atoms with E-state index in [1.165, 1.54) is 67.0 Å². The van der Waals surface area contributed by atoms with Gasteiger partial charge in [0.2, 0.25) is 19.7 Å². The Morgan fingerprint density at radius 2 is 0.966 bits per heavy atom. The van der Waals surface area contributed by atoms with Gasteiger partial charge in [-0.2, -0.15) is 0 Å². The number of nitrogens with zero attached hydrogens (tertiary/aromatic N) is 4. The second kappa shape index (κ2) is 16.8. The predicted molar refractivity (Wildman–Crippen MR) is 223 cm³/mol. The summed E-state index contributed by atoms with van der Waals surface area (Å²) >= 11 is 17.8. The van der Waals surface area contributed by atoms with Crippen LogP contribution in [0.5, 0.6) is 0 Å². The molecule has 2 fully saturated rings. The van der Waals surface area contributed by atoms with Crippen molar-refractivity contribution in [3.05, 3.63) is 118 Å². The van der Waals surface area contributed by atoms with E-state index in [-0.39, 0.29) is 34.6 Å². The van der Waals surface area contributed by atoms with Crippen LogP contribution in [0.4, 0.5) is 24.5 Å². The summed E-state index contributed by atoms with van der Waals surface area (Å²) in [5.41, 5.74) is 1.98. The largest absolute Gasteiger partial charge is 0.370 e. The van der Waals surface area contributed by atoms with Crippen molar-refractivity contribution in [2.45, 2.75) is 59.1 Å². The van der Waals surface area contributed by atoms with Crippen LogP contribution in [0.2, 0.25) is 15.1 Å². The number of anilines is 2. The molecule has 8 nitrogen and oxygen atoms in total. The van der Waals surface area contributed by atoms with Gasteiger partial charge in [0, 0.05) is 49.3 Å². The summed E-state index contributed by atoms with van der Waals surface area (Å²) < 4.78 is 95.5. The van der Waals surface area contributed by atoms with Gasteiger partial charge in [-0.3, -0.25) is 9.97 Å². The van der Waals surface area contributed by atoms with Crippen LogP contribution in [0, 0.1) is 29.3 Å². The topological polar surface area (TPSA) is 101 Å². The lowest BCUT2D eigenvalue weighted by atomic mass is 9.98. The third kappa shape index (κ3) is 8.47. The SMILES string of the molecule is CC1CCN(c2c(S(=O)(=O)c3ccc(Cl)c(Cl)c3)cnc3ccc(F)cc23)CC1.CC1CCN(c2c(S(=O)(=O)c3ccc(F)c(Cl)c3)cnc3ccc(F)cc23)CC1. The third-order valence-electron chi connectivity index (χ3n) is 10.7. The Hall–Kier alpha value is -4.14. The minimum atomic E-state index is -4.05. The van der Waals surface area contributed by atoms with Crippen molar-refractivity contribution >= 4 is 87.7 Å². The molecular weight excluding hydrogens is 852 g/mol. The summed E-state index contributed by atoms with van der Waals surface area (Å²) in [4.78, 5) is 12.4. The molecule has 0 bridgehead atoms. The van der Waals surface area contributed by atoms with Gasteiger partial charge < -0.3 is 9.80 Å². The van der Waals surface area contributed by atoms with E-state index in [1.54, 1.807) is 6.07 Å². The second-order valence-electron chi connectivity index (χ2n) is 14.8. The van der Waals surface area contributed by atoms with Crippen molar-refractivity contribution in [2.75, 3.05) is 36.0 Å². The van der Waals surface area contributed by atoms with E-state index in [1.807, 2.05) is 9.80 Å². The summed E-state index contributed by atoms with van der Waals surface area (Å²) in [6.45, 7) is 7.03. The Bertz CT molecular complexity index is 2570. The molecule has 4 aromatic carbocycles. The van der Waals surface area contributed by atoms with Crippen molar-refractivity contribution in [2.24, 2.45) is 11.8 Å². The lowest BCUT2D eigenvalue weighted by Gasteiger charge is -2.34. The van der Waals surface area contributed by atoms with E-state index in [4.69, 9.17) is 34.8 Å². The molecule has 4 heterocycles. The molecule has 0 radical (unpaired) electrons. The zero-order valence-corrected chi connectivity index (χ0v) is 35.3.